The molecule has 106 valence electrons. The van der Waals surface area contributed by atoms with Gasteiger partial charge in [-0.1, -0.05) is 45.3 Å². The van der Waals surface area contributed by atoms with Crippen molar-refractivity contribution in [3.63, 3.8) is 0 Å². The van der Waals surface area contributed by atoms with E-state index in [0.29, 0.717) is 12.2 Å². The van der Waals surface area contributed by atoms with E-state index in [2.05, 4.69) is 32.9 Å². The molecule has 0 saturated carbocycles. The van der Waals surface area contributed by atoms with Crippen LogP contribution in [0.2, 0.25) is 0 Å². The van der Waals surface area contributed by atoms with E-state index in [0.717, 1.165) is 0 Å². The molecule has 0 aromatic rings. The van der Waals surface area contributed by atoms with Crippen molar-refractivity contribution in [1.82, 2.24) is 0 Å². The Morgan fingerprint density at radius 2 is 1.72 bits per heavy atom. The molecule has 0 aromatic heterocycles. The van der Waals surface area contributed by atoms with Gasteiger partial charge >= 0.3 is 0 Å². The number of unbranched alkanes of at least 4 members (excludes halogenated alkanes) is 5. The van der Waals surface area contributed by atoms with E-state index in [1.54, 1.807) is 6.92 Å². The van der Waals surface area contributed by atoms with E-state index in [-0.39, 0.29) is 4.75 Å². The second-order valence-electron chi connectivity index (χ2n) is 5.61. The Labute approximate surface area is 118 Å². The number of hydrogen-bond acceptors (Lipinski definition) is 2. The number of ketones is 1. The van der Waals surface area contributed by atoms with Crippen LogP contribution in [0.5, 0.6) is 0 Å². The highest BCUT2D eigenvalue weighted by molar-refractivity contribution is 8.00. The Hall–Kier alpha value is -0.240. The van der Waals surface area contributed by atoms with Gasteiger partial charge in [0.25, 0.3) is 0 Å². The summed E-state index contributed by atoms with van der Waals surface area (Å²) in [5, 5.41) is 0. The molecule has 1 nitrogen and oxygen atoms in total. The molecule has 0 spiro atoms. The van der Waals surface area contributed by atoms with Crippen LogP contribution in [-0.2, 0) is 4.79 Å². The summed E-state index contributed by atoms with van der Waals surface area (Å²) < 4.78 is 0.123. The lowest BCUT2D eigenvalue weighted by Crippen LogP contribution is -2.19. The van der Waals surface area contributed by atoms with E-state index in [9.17, 15) is 4.79 Å². The molecule has 0 aliphatic rings. The van der Waals surface area contributed by atoms with Crippen molar-refractivity contribution in [2.24, 2.45) is 0 Å². The molecule has 0 rings (SSSR count). The molecule has 0 N–H and O–H groups in total. The minimum atomic E-state index is 0.123. The topological polar surface area (TPSA) is 17.1 Å². The number of thioether (sulfide) groups is 1. The Kier molecular flexibility index (Phi) is 10.5. The average Bonchev–Trinajstić information content (AvgIpc) is 2.25. The Morgan fingerprint density at radius 3 is 2.33 bits per heavy atom. The predicted octanol–water partition coefficient (Wildman–Crippen LogP) is 5.39. The second-order valence-corrected chi connectivity index (χ2v) is 7.41. The van der Waals surface area contributed by atoms with Crippen LogP contribution in [-0.4, -0.2) is 16.3 Å². The van der Waals surface area contributed by atoms with Crippen LogP contribution in [0.1, 0.15) is 72.6 Å². The number of allylic oxidation sites excluding steroid dienone is 2. The number of carbonyl (C=O) groups excluding carboxylic acids is 1. The van der Waals surface area contributed by atoms with Gasteiger partial charge in [-0.05, 0) is 38.9 Å². The largest absolute Gasteiger partial charge is 0.300 e. The molecule has 0 bridgehead atoms. The summed E-state index contributed by atoms with van der Waals surface area (Å²) in [4.78, 5) is 11.1. The summed E-state index contributed by atoms with van der Waals surface area (Å²) in [6.45, 7) is 8.12. The zero-order chi connectivity index (χ0) is 13.9. The first-order valence-corrected chi connectivity index (χ1v) is 8.21. The maximum Gasteiger partial charge on any atom is 0.131 e. The smallest absolute Gasteiger partial charge is 0.131 e. The van der Waals surface area contributed by atoms with Crippen LogP contribution in [0.4, 0.5) is 0 Å². The first-order valence-electron chi connectivity index (χ1n) is 7.22. The van der Waals surface area contributed by atoms with Gasteiger partial charge in [0.1, 0.15) is 5.78 Å². The lowest BCUT2D eigenvalue weighted by Gasteiger charge is -2.22. The molecule has 0 aliphatic heterocycles. The van der Waals surface area contributed by atoms with Crippen LogP contribution in [0.3, 0.4) is 0 Å². The van der Waals surface area contributed by atoms with Gasteiger partial charge in [-0.2, -0.15) is 11.8 Å². The van der Waals surface area contributed by atoms with E-state index >= 15 is 0 Å². The van der Waals surface area contributed by atoms with Crippen LogP contribution >= 0.6 is 11.8 Å². The van der Waals surface area contributed by atoms with E-state index in [1.165, 1.54) is 44.3 Å². The highest BCUT2D eigenvalue weighted by Gasteiger charge is 2.19. The molecule has 0 aromatic carbocycles. The van der Waals surface area contributed by atoms with Gasteiger partial charge in [0.2, 0.25) is 0 Å². The summed E-state index contributed by atoms with van der Waals surface area (Å²) in [5.74, 6) is 1.49. The maximum absolute atomic E-state index is 11.1. The number of carbonyl (C=O) groups is 1. The minimum Gasteiger partial charge on any atom is -0.300 e. The molecule has 0 fully saturated rings. The standard InChI is InChI=1S/C16H30OS/c1-5-6-7-8-9-10-11-12-13-18-16(3,4)14-15(2)17/h5-6H,7-14H2,1-4H3/b6-5-. The highest BCUT2D eigenvalue weighted by Crippen LogP contribution is 2.29. The summed E-state index contributed by atoms with van der Waals surface area (Å²) in [5.41, 5.74) is 0. The summed E-state index contributed by atoms with van der Waals surface area (Å²) >= 11 is 1.95. The van der Waals surface area contributed by atoms with Crippen molar-refractivity contribution in [2.75, 3.05) is 5.75 Å². The maximum atomic E-state index is 11.1. The molecule has 2 heteroatoms. The fourth-order valence-electron chi connectivity index (χ4n) is 2.06. The van der Waals surface area contributed by atoms with E-state index in [4.69, 9.17) is 0 Å². The van der Waals surface area contributed by atoms with Gasteiger partial charge in [-0.3, -0.25) is 4.79 Å². The fourth-order valence-corrected chi connectivity index (χ4v) is 3.27. The first kappa shape index (κ1) is 17.8. The third-order valence-electron chi connectivity index (χ3n) is 2.92. The van der Waals surface area contributed by atoms with Crippen LogP contribution in [0.25, 0.3) is 0 Å². The summed E-state index contributed by atoms with van der Waals surface area (Å²) in [6, 6.07) is 0. The van der Waals surface area contributed by atoms with Crippen molar-refractivity contribution in [3.05, 3.63) is 12.2 Å². The van der Waals surface area contributed by atoms with Gasteiger partial charge in [-0.15, -0.1) is 0 Å². The van der Waals surface area contributed by atoms with E-state index in [1.807, 2.05) is 11.8 Å². The van der Waals surface area contributed by atoms with Crippen LogP contribution in [0, 0.1) is 0 Å². The van der Waals surface area contributed by atoms with Crippen molar-refractivity contribution in [2.45, 2.75) is 77.4 Å². The zero-order valence-corrected chi connectivity index (χ0v) is 13.4. The monoisotopic (exact) mass is 270 g/mol. The highest BCUT2D eigenvalue weighted by atomic mass is 32.2. The van der Waals surface area contributed by atoms with Gasteiger partial charge < -0.3 is 0 Å². The lowest BCUT2D eigenvalue weighted by molar-refractivity contribution is -0.117. The zero-order valence-electron chi connectivity index (χ0n) is 12.6. The van der Waals surface area contributed by atoms with Gasteiger partial charge in [0, 0.05) is 11.2 Å². The van der Waals surface area contributed by atoms with Crippen molar-refractivity contribution in [3.8, 4) is 0 Å². The Morgan fingerprint density at radius 1 is 1.11 bits per heavy atom. The average molecular weight is 270 g/mol. The number of rotatable bonds is 11. The Balaban J connectivity index is 3.37. The second kappa shape index (κ2) is 10.7. The summed E-state index contributed by atoms with van der Waals surface area (Å²) in [6.07, 6.45) is 13.0. The quantitative estimate of drug-likeness (QED) is 0.369. The van der Waals surface area contributed by atoms with Gasteiger partial charge in [0.05, 0.1) is 0 Å². The molecular weight excluding hydrogens is 240 g/mol. The van der Waals surface area contributed by atoms with E-state index < -0.39 is 0 Å². The lowest BCUT2D eigenvalue weighted by atomic mass is 10.1. The SMILES string of the molecule is C/C=C\CCCCCCCSC(C)(C)CC(C)=O. The Bertz CT molecular complexity index is 243. The molecule has 0 atom stereocenters. The van der Waals surface area contributed by atoms with Gasteiger partial charge in [0.15, 0.2) is 0 Å². The van der Waals surface area contributed by atoms with Gasteiger partial charge in [-0.25, -0.2) is 0 Å². The van der Waals surface area contributed by atoms with Crippen molar-refractivity contribution in [1.29, 1.82) is 0 Å². The van der Waals surface area contributed by atoms with Crippen LogP contribution in [0.15, 0.2) is 12.2 Å². The molecule has 0 amide bonds. The fraction of sp³-hybridized carbons (Fsp3) is 0.812. The number of hydrogen-bond donors (Lipinski definition) is 0. The van der Waals surface area contributed by atoms with Crippen LogP contribution < -0.4 is 0 Å². The number of Topliss-reactive ketones (excluding diaryl/α,β-unsaturated/α-hetero) is 1. The third-order valence-corrected chi connectivity index (χ3v) is 4.34. The first-order chi connectivity index (χ1) is 8.48. The predicted molar refractivity (Wildman–Crippen MR) is 84.4 cm³/mol. The molecule has 0 aliphatic carbocycles. The summed E-state index contributed by atoms with van der Waals surface area (Å²) in [7, 11) is 0. The molecule has 0 unspecified atom stereocenters. The van der Waals surface area contributed by atoms with Crippen molar-refractivity contribution < 1.29 is 4.79 Å². The third kappa shape index (κ3) is 12.2. The van der Waals surface area contributed by atoms with Crippen molar-refractivity contribution >= 4 is 17.5 Å². The molecule has 0 radical (unpaired) electrons. The molecule has 18 heavy (non-hydrogen) atoms. The normalized spacial score (nSPS) is 12.2. The minimum absolute atomic E-state index is 0.123. The molecule has 0 saturated heterocycles. The molecular formula is C16H30OS. The molecule has 0 heterocycles.